The van der Waals surface area contributed by atoms with Crippen LogP contribution in [0.2, 0.25) is 0 Å². The second-order valence-corrected chi connectivity index (χ2v) is 11.9. The van der Waals surface area contributed by atoms with Gasteiger partial charge in [0.2, 0.25) is 11.1 Å². The van der Waals surface area contributed by atoms with Crippen LogP contribution in [0.5, 0.6) is 5.75 Å². The van der Waals surface area contributed by atoms with Crippen LogP contribution in [0.3, 0.4) is 0 Å². The first-order chi connectivity index (χ1) is 21.0. The molecule has 21 heteroatoms. The van der Waals surface area contributed by atoms with Crippen LogP contribution in [-0.4, -0.2) is 134 Å². The molecule has 0 spiro atoms. The molecular formula is C25H31N9O10S2. The van der Waals surface area contributed by atoms with Gasteiger partial charge in [-0.2, -0.15) is 0 Å². The predicted molar refractivity (Wildman–Crippen MR) is 160 cm³/mol. The molecule has 2 fully saturated rings. The minimum atomic E-state index is -1.42. The average molecular weight is 682 g/mol. The third-order valence-electron chi connectivity index (χ3n) is 7.20. The van der Waals surface area contributed by atoms with Crippen LogP contribution in [0.4, 0.5) is 4.79 Å². The van der Waals surface area contributed by atoms with Gasteiger partial charge in [0.05, 0.1) is 0 Å². The van der Waals surface area contributed by atoms with Crippen LogP contribution in [0, 0.1) is 0 Å². The standard InChI is InChI=1S/C25H27N9O8S2.2H2O/c1-3-32-8-9-33(21(39)20(32)38)24(42)27-15(12-4-6-14(35)7-5-12)18(36)26-16-19(37)34-17(23(40)41)13(10-43-22(16)34)11-44-25-28-29-30-31(25)2;;/h4-7,15-16,22,35H,3,8-11H2,1-2H3,(H,26,36)(H,27,42)(H,40,41);2*1H2/t15-,16-,22-;;/m1../s1. The number of imide groups is 1. The molecule has 0 unspecified atom stereocenters. The van der Waals surface area contributed by atoms with Crippen LogP contribution in [-0.2, 0) is 31.0 Å². The lowest BCUT2D eigenvalue weighted by Crippen LogP contribution is -2.71. The number of aryl methyl sites for hydroxylation is 1. The van der Waals surface area contributed by atoms with Gasteiger partial charge in [-0.3, -0.25) is 29.0 Å². The maximum atomic E-state index is 13.6. The number of tetrazole rings is 1. The molecule has 8 N–H and O–H groups in total. The third kappa shape index (κ3) is 6.76. The molecule has 248 valence electrons. The third-order valence-corrected chi connectivity index (χ3v) is 9.63. The van der Waals surface area contributed by atoms with E-state index in [1.54, 1.807) is 14.0 Å². The molecule has 2 aromatic rings. The molecule has 3 aliphatic rings. The summed E-state index contributed by atoms with van der Waals surface area (Å²) in [5.74, 6) is -4.26. The van der Waals surface area contributed by atoms with E-state index in [9.17, 15) is 39.0 Å². The van der Waals surface area contributed by atoms with E-state index >= 15 is 0 Å². The van der Waals surface area contributed by atoms with E-state index < -0.39 is 53.1 Å². The number of nitrogens with one attached hydrogen (secondary N) is 2. The normalized spacial score (nSPS) is 19.8. The summed E-state index contributed by atoms with van der Waals surface area (Å²) in [5, 5.41) is 35.6. The molecule has 0 bridgehead atoms. The fourth-order valence-electron chi connectivity index (χ4n) is 4.86. The number of carboxylic acid groups (broad SMARTS) is 1. The molecule has 46 heavy (non-hydrogen) atoms. The highest BCUT2D eigenvalue weighted by Crippen LogP contribution is 2.41. The van der Waals surface area contributed by atoms with E-state index in [4.69, 9.17) is 0 Å². The number of carbonyl (C=O) groups excluding carboxylic acids is 5. The van der Waals surface area contributed by atoms with Gasteiger partial charge in [-0.15, -0.1) is 16.9 Å². The number of aliphatic carboxylic acids is 1. The number of β-lactam (4-membered cyclic amide) rings is 1. The molecule has 0 radical (unpaired) electrons. The lowest BCUT2D eigenvalue weighted by atomic mass is 10.0. The molecule has 0 aliphatic carbocycles. The zero-order valence-corrected chi connectivity index (χ0v) is 26.0. The average Bonchev–Trinajstić information content (AvgIpc) is 3.42. The Kier molecular flexibility index (Phi) is 11.3. The van der Waals surface area contributed by atoms with Crippen LogP contribution < -0.4 is 10.6 Å². The van der Waals surface area contributed by atoms with Gasteiger partial charge in [-0.25, -0.2) is 14.3 Å². The van der Waals surface area contributed by atoms with Gasteiger partial charge < -0.3 is 36.7 Å². The second kappa shape index (κ2) is 14.6. The van der Waals surface area contributed by atoms with Gasteiger partial charge in [-0.1, -0.05) is 23.9 Å². The summed E-state index contributed by atoms with van der Waals surface area (Å²) in [6.07, 6.45) is 0. The number of carboxylic acids is 1. The first kappa shape index (κ1) is 35.7. The maximum Gasteiger partial charge on any atom is 0.352 e. The molecule has 19 nitrogen and oxygen atoms in total. The maximum absolute atomic E-state index is 13.6. The van der Waals surface area contributed by atoms with E-state index in [0.717, 1.165) is 4.90 Å². The van der Waals surface area contributed by atoms with Gasteiger partial charge in [0.1, 0.15) is 28.9 Å². The highest BCUT2D eigenvalue weighted by Gasteiger charge is 2.54. The number of urea groups is 1. The van der Waals surface area contributed by atoms with Crippen molar-refractivity contribution in [1.29, 1.82) is 0 Å². The van der Waals surface area contributed by atoms with E-state index in [2.05, 4.69) is 26.2 Å². The quantitative estimate of drug-likeness (QED) is 0.119. The Balaban J connectivity index is 0.00000288. The van der Waals surface area contributed by atoms with Crippen molar-refractivity contribution in [2.24, 2.45) is 7.05 Å². The van der Waals surface area contributed by atoms with Crippen LogP contribution in [0.1, 0.15) is 18.5 Å². The minimum Gasteiger partial charge on any atom is -0.508 e. The minimum absolute atomic E-state index is 0. The highest BCUT2D eigenvalue weighted by molar-refractivity contribution is 8.01. The molecular weight excluding hydrogens is 650 g/mol. The molecule has 0 saturated carbocycles. The number of phenols is 1. The second-order valence-electron chi connectivity index (χ2n) is 9.84. The van der Waals surface area contributed by atoms with E-state index in [0.29, 0.717) is 22.2 Å². The summed E-state index contributed by atoms with van der Waals surface area (Å²) >= 11 is 2.49. The number of hydrogen-bond donors (Lipinski definition) is 4. The van der Waals surface area contributed by atoms with Crippen molar-refractivity contribution in [3.8, 4) is 5.75 Å². The van der Waals surface area contributed by atoms with Crippen molar-refractivity contribution in [2.45, 2.75) is 29.5 Å². The highest BCUT2D eigenvalue weighted by atomic mass is 32.2. The Morgan fingerprint density at radius 2 is 1.80 bits per heavy atom. The number of rotatable bonds is 9. The van der Waals surface area contributed by atoms with Gasteiger partial charge >= 0.3 is 23.8 Å². The zero-order valence-electron chi connectivity index (χ0n) is 24.4. The lowest BCUT2D eigenvalue weighted by molar-refractivity contribution is -0.153. The van der Waals surface area contributed by atoms with Gasteiger partial charge in [-0.05, 0) is 40.6 Å². The number of likely N-dealkylation sites (N-methyl/N-ethyl adjacent to an activating group) is 1. The first-order valence-corrected chi connectivity index (χ1v) is 15.3. The topological polar surface area (TPSA) is 283 Å². The summed E-state index contributed by atoms with van der Waals surface area (Å²) in [6, 6.07) is 1.84. The Morgan fingerprint density at radius 3 is 2.41 bits per heavy atom. The number of hydrogen-bond acceptors (Lipinski definition) is 12. The van der Waals surface area contributed by atoms with Crippen molar-refractivity contribution in [3.63, 3.8) is 0 Å². The van der Waals surface area contributed by atoms with Crippen molar-refractivity contribution in [1.82, 2.24) is 45.5 Å². The Hall–Kier alpha value is -4.73. The van der Waals surface area contributed by atoms with Crippen molar-refractivity contribution in [3.05, 3.63) is 41.1 Å². The van der Waals surface area contributed by atoms with Crippen molar-refractivity contribution < 1.29 is 49.9 Å². The molecule has 5 rings (SSSR count). The van der Waals surface area contributed by atoms with Crippen LogP contribution in [0.25, 0.3) is 0 Å². The molecule has 3 aliphatic heterocycles. The SMILES string of the molecule is CCN1CCN(C(=O)N[C@@H](C(=O)N[C@@H]2C(=O)N3C(C(=O)O)=C(CSc4nnnn4C)CS[C@H]23)c2ccc(O)cc2)C(=O)C1=O.O.O. The Morgan fingerprint density at radius 1 is 1.11 bits per heavy atom. The smallest absolute Gasteiger partial charge is 0.352 e. The van der Waals surface area contributed by atoms with Crippen LogP contribution in [0.15, 0.2) is 40.7 Å². The Labute approximate surface area is 268 Å². The number of fused-ring (bicyclic) bond motifs is 1. The summed E-state index contributed by atoms with van der Waals surface area (Å²) in [4.78, 5) is 80.1. The van der Waals surface area contributed by atoms with Gasteiger partial charge in [0.25, 0.3) is 5.91 Å². The molecule has 1 aromatic carbocycles. The number of amides is 6. The Bertz CT molecular complexity index is 1570. The van der Waals surface area contributed by atoms with Crippen molar-refractivity contribution >= 4 is 59.2 Å². The number of carbonyl (C=O) groups is 6. The molecule has 1 aromatic heterocycles. The number of benzene rings is 1. The molecule has 3 atom stereocenters. The summed E-state index contributed by atoms with van der Waals surface area (Å²) in [5.41, 5.74) is 0.536. The lowest BCUT2D eigenvalue weighted by Gasteiger charge is -2.49. The monoisotopic (exact) mass is 681 g/mol. The summed E-state index contributed by atoms with van der Waals surface area (Å²) < 4.78 is 1.44. The predicted octanol–water partition coefficient (Wildman–Crippen LogP) is -2.76. The fourth-order valence-corrected chi connectivity index (χ4v) is 7.20. The number of phenolic OH excluding ortho intramolecular Hbond substituents is 1. The van der Waals surface area contributed by atoms with Gasteiger partial charge in [0, 0.05) is 38.2 Å². The number of nitrogens with zero attached hydrogens (tertiary/aromatic N) is 7. The van der Waals surface area contributed by atoms with Gasteiger partial charge in [0.15, 0.2) is 0 Å². The van der Waals surface area contributed by atoms with E-state index in [1.807, 2.05) is 0 Å². The van der Waals surface area contributed by atoms with Crippen molar-refractivity contribution in [2.75, 3.05) is 31.1 Å². The molecule has 2 saturated heterocycles. The van der Waals surface area contributed by atoms with E-state index in [1.165, 1.54) is 57.4 Å². The van der Waals surface area contributed by atoms with E-state index in [-0.39, 0.29) is 52.6 Å². The molecule has 4 heterocycles. The zero-order chi connectivity index (χ0) is 31.7. The fraction of sp³-hybridized carbons (Fsp3) is 0.400. The number of piperazine rings is 1. The first-order valence-electron chi connectivity index (χ1n) is 13.3. The summed E-state index contributed by atoms with van der Waals surface area (Å²) in [7, 11) is 1.64. The number of aromatic hydroxyl groups is 1. The number of aromatic nitrogens is 4. The number of thioether (sulfide) groups is 2. The molecule has 6 amide bonds. The summed E-state index contributed by atoms with van der Waals surface area (Å²) in [6.45, 7) is 2.04. The largest absolute Gasteiger partial charge is 0.508 e. The van der Waals surface area contributed by atoms with Crippen LogP contribution >= 0.6 is 23.5 Å².